The van der Waals surface area contributed by atoms with Crippen molar-refractivity contribution in [1.29, 1.82) is 0 Å². The lowest BCUT2D eigenvalue weighted by atomic mass is 10.3. The third-order valence-corrected chi connectivity index (χ3v) is 5.68. The van der Waals surface area contributed by atoms with Crippen LogP contribution in [0.15, 0.2) is 44.4 Å². The van der Waals surface area contributed by atoms with Crippen LogP contribution in [0.4, 0.5) is 0 Å². The molecule has 2 heterocycles. The van der Waals surface area contributed by atoms with Crippen LogP contribution in [-0.2, 0) is 23.2 Å². The summed E-state index contributed by atoms with van der Waals surface area (Å²) in [6.45, 7) is 1.86. The number of furan rings is 1. The molecule has 2 aromatic rings. The Hall–Kier alpha value is -1.22. The second kappa shape index (κ2) is 6.69. The van der Waals surface area contributed by atoms with Crippen LogP contribution >= 0.6 is 15.9 Å². The molecule has 0 aliphatic heterocycles. The van der Waals surface area contributed by atoms with Gasteiger partial charge >= 0.3 is 0 Å². The summed E-state index contributed by atoms with van der Waals surface area (Å²) in [5, 5.41) is 9.04. The first-order chi connectivity index (χ1) is 9.98. The molecule has 0 aromatic carbocycles. The van der Waals surface area contributed by atoms with Gasteiger partial charge in [-0.05, 0) is 28.1 Å². The highest BCUT2D eigenvalue weighted by molar-refractivity contribution is 9.10. The molecule has 0 radical (unpaired) electrons. The lowest BCUT2D eigenvalue weighted by molar-refractivity contribution is 0.245. The third kappa shape index (κ3) is 3.52. The minimum atomic E-state index is -3.73. The monoisotopic (exact) mass is 374 g/mol. The highest BCUT2D eigenvalue weighted by Crippen LogP contribution is 2.29. The van der Waals surface area contributed by atoms with Gasteiger partial charge in [-0.2, -0.15) is 4.31 Å². The number of aliphatic hydroxyl groups is 1. The first kappa shape index (κ1) is 16.2. The van der Waals surface area contributed by atoms with E-state index in [1.165, 1.54) is 10.4 Å². The summed E-state index contributed by atoms with van der Waals surface area (Å²) in [7, 11) is -3.73. The number of aliphatic hydroxyl groups excluding tert-OH is 1. The van der Waals surface area contributed by atoms with Gasteiger partial charge in [0.2, 0.25) is 10.0 Å². The highest BCUT2D eigenvalue weighted by atomic mass is 79.9. The zero-order chi connectivity index (χ0) is 15.5. The average Bonchev–Trinajstić information content (AvgIpc) is 2.87. The summed E-state index contributed by atoms with van der Waals surface area (Å²) in [6.07, 6.45) is 1.62. The van der Waals surface area contributed by atoms with E-state index in [-0.39, 0.29) is 28.5 Å². The van der Waals surface area contributed by atoms with Crippen molar-refractivity contribution in [1.82, 2.24) is 9.29 Å². The predicted octanol–water partition coefficient (Wildman–Crippen LogP) is 2.14. The van der Waals surface area contributed by atoms with Crippen LogP contribution in [0.1, 0.15) is 18.4 Å². The Morgan fingerprint density at radius 1 is 1.43 bits per heavy atom. The third-order valence-electron chi connectivity index (χ3n) is 2.90. The number of hydrogen-bond acceptors (Lipinski definition) is 5. The first-order valence-corrected chi connectivity index (χ1v) is 8.51. The van der Waals surface area contributed by atoms with Gasteiger partial charge in [0, 0.05) is 18.8 Å². The Balaban J connectivity index is 2.33. The maximum absolute atomic E-state index is 12.6. The summed E-state index contributed by atoms with van der Waals surface area (Å²) in [5.41, 5.74) is 0.657. The molecule has 2 rings (SSSR count). The van der Waals surface area contributed by atoms with E-state index in [1.807, 2.05) is 0 Å². The topological polar surface area (TPSA) is 83.6 Å². The van der Waals surface area contributed by atoms with Gasteiger partial charge in [0.25, 0.3) is 0 Å². The van der Waals surface area contributed by atoms with E-state index >= 15 is 0 Å². The number of sulfonamides is 1. The van der Waals surface area contributed by atoms with Crippen LogP contribution < -0.4 is 0 Å². The van der Waals surface area contributed by atoms with Crippen molar-refractivity contribution in [3.05, 3.63) is 46.6 Å². The van der Waals surface area contributed by atoms with E-state index in [0.717, 1.165) is 0 Å². The molecule has 8 heteroatoms. The summed E-state index contributed by atoms with van der Waals surface area (Å²) < 4.78 is 31.8. The molecule has 0 saturated heterocycles. The van der Waals surface area contributed by atoms with Crippen molar-refractivity contribution in [3.63, 3.8) is 0 Å². The molecule has 114 valence electrons. The predicted molar refractivity (Wildman–Crippen MR) is 79.8 cm³/mol. The van der Waals surface area contributed by atoms with Gasteiger partial charge < -0.3 is 9.52 Å². The van der Waals surface area contributed by atoms with E-state index in [4.69, 9.17) is 9.52 Å². The van der Waals surface area contributed by atoms with Crippen molar-refractivity contribution in [3.8, 4) is 0 Å². The van der Waals surface area contributed by atoms with Gasteiger partial charge in [-0.1, -0.05) is 13.0 Å². The van der Waals surface area contributed by atoms with E-state index in [1.54, 1.807) is 31.3 Å². The lowest BCUT2D eigenvalue weighted by Gasteiger charge is -2.19. The van der Waals surface area contributed by atoms with Gasteiger partial charge in [-0.3, -0.25) is 4.98 Å². The molecule has 0 atom stereocenters. The molecule has 0 saturated carbocycles. The fourth-order valence-corrected chi connectivity index (χ4v) is 4.21. The fraction of sp³-hybridized carbons (Fsp3) is 0.308. The zero-order valence-electron chi connectivity index (χ0n) is 11.4. The maximum atomic E-state index is 12.6. The number of hydrogen-bond donors (Lipinski definition) is 1. The Kier molecular flexibility index (Phi) is 5.15. The number of pyridine rings is 1. The van der Waals surface area contributed by atoms with Crippen LogP contribution in [0.2, 0.25) is 0 Å². The Labute approximate surface area is 131 Å². The zero-order valence-corrected chi connectivity index (χ0v) is 13.8. The standard InChI is InChI=1S/C13H15BrN2O4S/c1-2-16(8-10-5-3-4-6-15-10)21(18,19)12-7-11(9-17)20-13(12)14/h3-7,17H,2,8-9H2,1H3. The molecule has 0 bridgehead atoms. The number of aromatic nitrogens is 1. The molecule has 0 amide bonds. The van der Waals surface area contributed by atoms with Crippen molar-refractivity contribution in [2.75, 3.05) is 6.54 Å². The smallest absolute Gasteiger partial charge is 0.247 e. The molecule has 21 heavy (non-hydrogen) atoms. The van der Waals surface area contributed by atoms with Gasteiger partial charge in [-0.15, -0.1) is 0 Å². The number of nitrogens with zero attached hydrogens (tertiary/aromatic N) is 2. The molecule has 6 nitrogen and oxygen atoms in total. The van der Waals surface area contributed by atoms with E-state index < -0.39 is 10.0 Å². The second-order valence-corrected chi connectivity index (χ2v) is 6.89. The van der Waals surface area contributed by atoms with Crippen molar-refractivity contribution < 1.29 is 17.9 Å². The van der Waals surface area contributed by atoms with Gasteiger partial charge in [0.1, 0.15) is 17.3 Å². The average molecular weight is 375 g/mol. The molecular weight excluding hydrogens is 360 g/mol. The van der Waals surface area contributed by atoms with Crippen LogP contribution in [0, 0.1) is 0 Å². The molecule has 0 fully saturated rings. The van der Waals surface area contributed by atoms with Crippen molar-refractivity contribution in [2.45, 2.75) is 25.0 Å². The van der Waals surface area contributed by atoms with Crippen molar-refractivity contribution in [2.24, 2.45) is 0 Å². The summed E-state index contributed by atoms with van der Waals surface area (Å²) in [6, 6.07) is 6.66. The Bertz CT molecular complexity index is 700. The highest BCUT2D eigenvalue weighted by Gasteiger charge is 2.28. The van der Waals surface area contributed by atoms with Gasteiger partial charge in [0.15, 0.2) is 4.67 Å². The second-order valence-electron chi connectivity index (χ2n) is 4.26. The molecular formula is C13H15BrN2O4S. The molecule has 1 N–H and O–H groups in total. The summed E-state index contributed by atoms with van der Waals surface area (Å²) >= 11 is 3.08. The van der Waals surface area contributed by atoms with Crippen LogP contribution in [0.25, 0.3) is 0 Å². The number of halogens is 1. The quantitative estimate of drug-likeness (QED) is 0.837. The largest absolute Gasteiger partial charge is 0.450 e. The van der Waals surface area contributed by atoms with Crippen LogP contribution in [-0.4, -0.2) is 29.4 Å². The van der Waals surface area contributed by atoms with Gasteiger partial charge in [0.05, 0.1) is 12.2 Å². The molecule has 0 aliphatic rings. The first-order valence-electron chi connectivity index (χ1n) is 6.28. The Morgan fingerprint density at radius 2 is 2.19 bits per heavy atom. The summed E-state index contributed by atoms with van der Waals surface area (Å²) in [4.78, 5) is 4.14. The summed E-state index contributed by atoms with van der Waals surface area (Å²) in [5.74, 6) is 0.189. The van der Waals surface area contributed by atoms with Crippen LogP contribution in [0.5, 0.6) is 0 Å². The normalized spacial score (nSPS) is 12.0. The number of rotatable bonds is 6. The van der Waals surface area contributed by atoms with Gasteiger partial charge in [-0.25, -0.2) is 8.42 Å². The molecule has 0 aliphatic carbocycles. The fourth-order valence-electron chi connectivity index (χ4n) is 1.83. The SMILES string of the molecule is CCN(Cc1ccccn1)S(=O)(=O)c1cc(CO)oc1Br. The molecule has 2 aromatic heterocycles. The lowest BCUT2D eigenvalue weighted by Crippen LogP contribution is -2.30. The Morgan fingerprint density at radius 3 is 2.71 bits per heavy atom. The minimum Gasteiger partial charge on any atom is -0.450 e. The molecule has 0 spiro atoms. The molecule has 0 unspecified atom stereocenters. The van der Waals surface area contributed by atoms with E-state index in [9.17, 15) is 8.42 Å². The van der Waals surface area contributed by atoms with Crippen molar-refractivity contribution >= 4 is 26.0 Å². The minimum absolute atomic E-state index is 0.00401. The van der Waals surface area contributed by atoms with E-state index in [2.05, 4.69) is 20.9 Å². The van der Waals surface area contributed by atoms with Crippen LogP contribution in [0.3, 0.4) is 0 Å². The van der Waals surface area contributed by atoms with E-state index in [0.29, 0.717) is 12.2 Å². The maximum Gasteiger partial charge on any atom is 0.247 e.